The second-order valence-electron chi connectivity index (χ2n) is 4.82. The molecule has 0 aliphatic carbocycles. The van der Waals surface area contributed by atoms with Crippen LogP contribution in [0.3, 0.4) is 0 Å². The molecule has 0 saturated carbocycles. The molecule has 2 heterocycles. The van der Waals surface area contributed by atoms with Crippen molar-refractivity contribution in [3.63, 3.8) is 0 Å². The number of hydrogen-bond donors (Lipinski definition) is 2. The second kappa shape index (κ2) is 6.36. The first-order valence-electron chi connectivity index (χ1n) is 6.91. The molecule has 0 aromatic carbocycles. The van der Waals surface area contributed by atoms with Crippen molar-refractivity contribution in [2.75, 3.05) is 17.2 Å². The van der Waals surface area contributed by atoms with Crippen LogP contribution in [0.5, 0.6) is 0 Å². The molecule has 0 unspecified atom stereocenters. The molecule has 6 heteroatoms. The quantitative estimate of drug-likeness (QED) is 0.845. The van der Waals surface area contributed by atoms with E-state index in [2.05, 4.69) is 32.6 Å². The molecule has 0 radical (unpaired) electrons. The molecule has 0 fully saturated rings. The third kappa shape index (κ3) is 3.26. The van der Waals surface area contributed by atoms with Gasteiger partial charge in [-0.1, -0.05) is 6.92 Å². The third-order valence-corrected chi connectivity index (χ3v) is 3.16. The fraction of sp³-hybridized carbons (Fsp3) is 0.500. The van der Waals surface area contributed by atoms with E-state index in [0.29, 0.717) is 6.54 Å². The van der Waals surface area contributed by atoms with Gasteiger partial charge in [-0.05, 0) is 26.3 Å². The first kappa shape index (κ1) is 14.3. The van der Waals surface area contributed by atoms with Gasteiger partial charge < -0.3 is 10.6 Å². The average molecular weight is 274 g/mol. The maximum absolute atomic E-state index is 4.48. The summed E-state index contributed by atoms with van der Waals surface area (Å²) >= 11 is 0. The largest absolute Gasteiger partial charge is 0.370 e. The lowest BCUT2D eigenvalue weighted by Crippen LogP contribution is -2.12. The summed E-state index contributed by atoms with van der Waals surface area (Å²) in [6.45, 7) is 7.69. The molecule has 2 rings (SSSR count). The van der Waals surface area contributed by atoms with E-state index in [-0.39, 0.29) is 0 Å². The lowest BCUT2D eigenvalue weighted by Gasteiger charge is -2.14. The van der Waals surface area contributed by atoms with Gasteiger partial charge in [-0.15, -0.1) is 0 Å². The van der Waals surface area contributed by atoms with E-state index in [1.54, 1.807) is 6.20 Å². The van der Waals surface area contributed by atoms with Gasteiger partial charge in [-0.25, -0.2) is 9.97 Å². The van der Waals surface area contributed by atoms with Gasteiger partial charge in [0.1, 0.15) is 17.5 Å². The summed E-state index contributed by atoms with van der Waals surface area (Å²) in [5.74, 6) is 2.55. The Labute approximate surface area is 119 Å². The number of nitrogens with one attached hydrogen (secondary N) is 2. The summed E-state index contributed by atoms with van der Waals surface area (Å²) < 4.78 is 1.85. The van der Waals surface area contributed by atoms with Crippen LogP contribution in [-0.2, 0) is 13.6 Å². The topological polar surface area (TPSA) is 67.7 Å². The standard InChI is InChI=1S/C14H22N6/c1-5-7-15-13-10(2)14(19-11(3)18-13)16-9-12-6-8-17-20(12)4/h6,8H,5,7,9H2,1-4H3,(H2,15,16,18,19). The highest BCUT2D eigenvalue weighted by atomic mass is 15.3. The van der Waals surface area contributed by atoms with E-state index >= 15 is 0 Å². The number of rotatable bonds is 6. The molecule has 0 aliphatic heterocycles. The van der Waals surface area contributed by atoms with E-state index < -0.39 is 0 Å². The molecule has 0 aliphatic rings. The van der Waals surface area contributed by atoms with Crippen molar-refractivity contribution < 1.29 is 0 Å². The molecule has 2 aromatic heterocycles. The van der Waals surface area contributed by atoms with Crippen LogP contribution in [0.2, 0.25) is 0 Å². The highest BCUT2D eigenvalue weighted by molar-refractivity contribution is 5.57. The van der Waals surface area contributed by atoms with Crippen LogP contribution in [0.1, 0.15) is 30.4 Å². The van der Waals surface area contributed by atoms with Crippen molar-refractivity contribution in [3.8, 4) is 0 Å². The molecule has 0 spiro atoms. The zero-order valence-corrected chi connectivity index (χ0v) is 12.6. The van der Waals surface area contributed by atoms with Gasteiger partial charge in [0.2, 0.25) is 0 Å². The minimum atomic E-state index is 0.695. The minimum absolute atomic E-state index is 0.695. The number of hydrogen-bond acceptors (Lipinski definition) is 5. The van der Waals surface area contributed by atoms with E-state index in [4.69, 9.17) is 0 Å². The van der Waals surface area contributed by atoms with Gasteiger partial charge in [0, 0.05) is 25.4 Å². The number of aryl methyl sites for hydroxylation is 2. The van der Waals surface area contributed by atoms with Gasteiger partial charge in [-0.3, -0.25) is 4.68 Å². The third-order valence-electron chi connectivity index (χ3n) is 3.16. The number of aromatic nitrogens is 4. The summed E-state index contributed by atoms with van der Waals surface area (Å²) in [7, 11) is 1.93. The molecule has 0 amide bonds. The van der Waals surface area contributed by atoms with Crippen LogP contribution in [0.15, 0.2) is 12.3 Å². The zero-order chi connectivity index (χ0) is 14.5. The van der Waals surface area contributed by atoms with Crippen LogP contribution in [-0.4, -0.2) is 26.3 Å². The zero-order valence-electron chi connectivity index (χ0n) is 12.6. The first-order valence-corrected chi connectivity index (χ1v) is 6.91. The van der Waals surface area contributed by atoms with E-state index in [0.717, 1.165) is 41.7 Å². The fourth-order valence-corrected chi connectivity index (χ4v) is 1.97. The highest BCUT2D eigenvalue weighted by Crippen LogP contribution is 2.20. The van der Waals surface area contributed by atoms with Gasteiger partial charge in [0.25, 0.3) is 0 Å². The summed E-state index contributed by atoms with van der Waals surface area (Å²) in [5.41, 5.74) is 2.16. The molecular weight excluding hydrogens is 252 g/mol. The Hall–Kier alpha value is -2.11. The smallest absolute Gasteiger partial charge is 0.135 e. The normalized spacial score (nSPS) is 10.6. The fourth-order valence-electron chi connectivity index (χ4n) is 1.97. The van der Waals surface area contributed by atoms with E-state index in [9.17, 15) is 0 Å². The van der Waals surface area contributed by atoms with Crippen LogP contribution < -0.4 is 10.6 Å². The van der Waals surface area contributed by atoms with Gasteiger partial charge in [-0.2, -0.15) is 5.10 Å². The van der Waals surface area contributed by atoms with Crippen molar-refractivity contribution in [2.24, 2.45) is 7.05 Å². The molecule has 108 valence electrons. The van der Waals surface area contributed by atoms with Crippen LogP contribution >= 0.6 is 0 Å². The molecule has 20 heavy (non-hydrogen) atoms. The molecule has 0 atom stereocenters. The monoisotopic (exact) mass is 274 g/mol. The Morgan fingerprint density at radius 2 is 1.85 bits per heavy atom. The van der Waals surface area contributed by atoms with Crippen LogP contribution in [0.4, 0.5) is 11.6 Å². The number of nitrogens with zero attached hydrogens (tertiary/aromatic N) is 4. The first-order chi connectivity index (χ1) is 9.61. The summed E-state index contributed by atoms with van der Waals surface area (Å²) in [6.07, 6.45) is 2.86. The molecule has 6 nitrogen and oxygen atoms in total. The van der Waals surface area contributed by atoms with Gasteiger partial charge in [0.15, 0.2) is 0 Å². The van der Waals surface area contributed by atoms with E-state index in [1.165, 1.54) is 0 Å². The Balaban J connectivity index is 2.14. The molecule has 2 aromatic rings. The van der Waals surface area contributed by atoms with Gasteiger partial charge >= 0.3 is 0 Å². The molecule has 2 N–H and O–H groups in total. The van der Waals surface area contributed by atoms with Crippen molar-refractivity contribution in [1.82, 2.24) is 19.7 Å². The number of anilines is 2. The SMILES string of the molecule is CCCNc1nc(C)nc(NCc2ccnn2C)c1C. The van der Waals surface area contributed by atoms with Crippen LogP contribution in [0.25, 0.3) is 0 Å². The molecule has 0 bridgehead atoms. The van der Waals surface area contributed by atoms with Crippen LogP contribution in [0, 0.1) is 13.8 Å². The molecule has 0 saturated heterocycles. The Morgan fingerprint density at radius 3 is 2.45 bits per heavy atom. The minimum Gasteiger partial charge on any atom is -0.370 e. The summed E-state index contributed by atoms with van der Waals surface area (Å²) in [5, 5.41) is 10.9. The Morgan fingerprint density at radius 1 is 1.15 bits per heavy atom. The average Bonchev–Trinajstić information content (AvgIpc) is 2.83. The summed E-state index contributed by atoms with van der Waals surface area (Å²) in [6, 6.07) is 1.99. The molecular formula is C14H22N6. The summed E-state index contributed by atoms with van der Waals surface area (Å²) in [4.78, 5) is 8.93. The Kier molecular flexibility index (Phi) is 4.55. The van der Waals surface area contributed by atoms with Crippen molar-refractivity contribution in [1.29, 1.82) is 0 Å². The maximum atomic E-state index is 4.48. The van der Waals surface area contributed by atoms with Gasteiger partial charge in [0.05, 0.1) is 12.2 Å². The highest BCUT2D eigenvalue weighted by Gasteiger charge is 2.09. The predicted octanol–water partition coefficient (Wildman–Crippen LogP) is 2.26. The predicted molar refractivity (Wildman–Crippen MR) is 80.8 cm³/mol. The second-order valence-corrected chi connectivity index (χ2v) is 4.82. The lowest BCUT2D eigenvalue weighted by molar-refractivity contribution is 0.719. The van der Waals surface area contributed by atoms with E-state index in [1.807, 2.05) is 31.6 Å². The lowest BCUT2D eigenvalue weighted by atomic mass is 10.3. The van der Waals surface area contributed by atoms with Crippen molar-refractivity contribution in [3.05, 3.63) is 29.3 Å². The Bertz CT molecular complexity index is 575. The van der Waals surface area contributed by atoms with Crippen molar-refractivity contribution in [2.45, 2.75) is 33.7 Å². The maximum Gasteiger partial charge on any atom is 0.135 e. The van der Waals surface area contributed by atoms with Crippen molar-refractivity contribution >= 4 is 11.6 Å².